The molecule has 1 aliphatic heterocycles. The van der Waals surface area contributed by atoms with Crippen LogP contribution in [0.4, 0.5) is 5.69 Å². The van der Waals surface area contributed by atoms with E-state index in [0.29, 0.717) is 29.1 Å². The second-order valence-corrected chi connectivity index (χ2v) is 7.17. The molecule has 0 aromatic heterocycles. The van der Waals surface area contributed by atoms with Gasteiger partial charge in [0.25, 0.3) is 17.4 Å². The maximum atomic E-state index is 13.2. The highest BCUT2D eigenvalue weighted by Crippen LogP contribution is 2.42. The summed E-state index contributed by atoms with van der Waals surface area (Å²) in [7, 11) is 3.13. The number of carbonyl (C=O) groups excluding carboxylic acids is 3. The van der Waals surface area contributed by atoms with Gasteiger partial charge in [0.1, 0.15) is 5.75 Å². The van der Waals surface area contributed by atoms with Crippen LogP contribution in [0, 0.1) is 0 Å². The summed E-state index contributed by atoms with van der Waals surface area (Å²) in [6.45, 7) is 2.40. The van der Waals surface area contributed by atoms with Crippen LogP contribution >= 0.6 is 0 Å². The zero-order valence-corrected chi connectivity index (χ0v) is 17.4. The Morgan fingerprint density at radius 3 is 2.47 bits per heavy atom. The van der Waals surface area contributed by atoms with Crippen LogP contribution in [-0.2, 0) is 31.1 Å². The van der Waals surface area contributed by atoms with Crippen molar-refractivity contribution in [1.82, 2.24) is 5.32 Å². The lowest BCUT2D eigenvalue weighted by molar-refractivity contribution is -0.174. The minimum absolute atomic E-state index is 0.0762. The summed E-state index contributed by atoms with van der Waals surface area (Å²) in [5.41, 5.74) is -0.419. The first-order chi connectivity index (χ1) is 14.4. The van der Waals surface area contributed by atoms with Gasteiger partial charge in [-0.15, -0.1) is 0 Å². The van der Waals surface area contributed by atoms with Gasteiger partial charge in [-0.3, -0.25) is 14.4 Å². The first kappa shape index (κ1) is 21.4. The van der Waals surface area contributed by atoms with Crippen molar-refractivity contribution < 1.29 is 23.9 Å². The number of ether oxygens (including phenoxy) is 2. The number of methoxy groups -OCH3 is 1. The molecule has 0 bridgehead atoms. The van der Waals surface area contributed by atoms with E-state index in [2.05, 4.69) is 5.32 Å². The maximum Gasteiger partial charge on any atom is 0.312 e. The van der Waals surface area contributed by atoms with E-state index in [0.717, 1.165) is 12.8 Å². The average Bonchev–Trinajstić information content (AvgIpc) is 2.97. The third-order valence-corrected chi connectivity index (χ3v) is 5.16. The molecule has 1 N–H and O–H groups in total. The zero-order valence-electron chi connectivity index (χ0n) is 17.4. The molecule has 0 aliphatic carbocycles. The van der Waals surface area contributed by atoms with Crippen molar-refractivity contribution >= 4 is 23.5 Å². The average molecular weight is 410 g/mol. The fourth-order valence-electron chi connectivity index (χ4n) is 3.51. The molecular weight excluding hydrogens is 384 g/mol. The number of benzene rings is 2. The molecule has 1 heterocycles. The van der Waals surface area contributed by atoms with Gasteiger partial charge >= 0.3 is 5.97 Å². The second kappa shape index (κ2) is 8.98. The van der Waals surface area contributed by atoms with E-state index in [1.807, 2.05) is 6.92 Å². The zero-order chi connectivity index (χ0) is 21.7. The molecule has 1 atom stereocenters. The van der Waals surface area contributed by atoms with Gasteiger partial charge < -0.3 is 19.7 Å². The van der Waals surface area contributed by atoms with E-state index in [4.69, 9.17) is 9.47 Å². The Balaban J connectivity index is 1.91. The molecule has 2 aromatic carbocycles. The van der Waals surface area contributed by atoms with Crippen LogP contribution in [0.25, 0.3) is 0 Å². The number of amides is 2. The standard InChI is InChI=1S/C23H26N2O5/c1-4-5-14-24-21(27)23(18-8-6-7-9-19(18)25(2)22(23)28)30-20(26)15-16-10-12-17(29-3)13-11-16/h6-13H,4-5,14-15H2,1-3H3,(H,24,27). The van der Waals surface area contributed by atoms with E-state index in [1.165, 1.54) is 4.90 Å². The molecule has 7 nitrogen and oxygen atoms in total. The highest BCUT2D eigenvalue weighted by molar-refractivity contribution is 6.21. The number of fused-ring (bicyclic) bond motifs is 1. The maximum absolute atomic E-state index is 13.2. The highest BCUT2D eigenvalue weighted by atomic mass is 16.6. The van der Waals surface area contributed by atoms with E-state index in [9.17, 15) is 14.4 Å². The Bertz CT molecular complexity index is 941. The number of carbonyl (C=O) groups is 3. The molecule has 1 unspecified atom stereocenters. The Morgan fingerprint density at radius 1 is 1.10 bits per heavy atom. The molecule has 7 heteroatoms. The molecule has 30 heavy (non-hydrogen) atoms. The number of nitrogens with one attached hydrogen (secondary N) is 1. The van der Waals surface area contributed by atoms with Crippen LogP contribution in [0.5, 0.6) is 5.75 Å². The number of unbranched alkanes of at least 4 members (excludes halogenated alkanes) is 1. The quantitative estimate of drug-likeness (QED) is 0.411. The molecule has 0 saturated carbocycles. The van der Waals surface area contributed by atoms with E-state index >= 15 is 0 Å². The summed E-state index contributed by atoms with van der Waals surface area (Å²) in [5, 5.41) is 2.76. The SMILES string of the molecule is CCCCNC(=O)C1(OC(=O)Cc2ccc(OC)cc2)C(=O)N(C)c2ccccc21. The second-order valence-electron chi connectivity index (χ2n) is 7.17. The summed E-state index contributed by atoms with van der Waals surface area (Å²) < 4.78 is 10.8. The fraction of sp³-hybridized carbons (Fsp3) is 0.348. The number of hydrogen-bond donors (Lipinski definition) is 1. The Hall–Kier alpha value is -3.35. The van der Waals surface area contributed by atoms with Crippen LogP contribution in [0.2, 0.25) is 0 Å². The lowest BCUT2D eigenvalue weighted by Crippen LogP contribution is -2.54. The molecule has 2 aromatic rings. The number of nitrogens with zero attached hydrogens (tertiary/aromatic N) is 1. The van der Waals surface area contributed by atoms with Crippen LogP contribution in [0.3, 0.4) is 0 Å². The lowest BCUT2D eigenvalue weighted by atomic mass is 9.93. The Labute approximate surface area is 176 Å². The van der Waals surface area contributed by atoms with Crippen molar-refractivity contribution in [2.45, 2.75) is 31.8 Å². The number of esters is 1. The molecule has 158 valence electrons. The van der Waals surface area contributed by atoms with Crippen molar-refractivity contribution in [3.05, 3.63) is 59.7 Å². The van der Waals surface area contributed by atoms with Crippen molar-refractivity contribution in [3.8, 4) is 5.75 Å². The van der Waals surface area contributed by atoms with Gasteiger partial charge in [-0.05, 0) is 30.2 Å². The van der Waals surface area contributed by atoms with Gasteiger partial charge in [0.15, 0.2) is 0 Å². The molecule has 0 fully saturated rings. The monoisotopic (exact) mass is 410 g/mol. The normalized spacial score (nSPS) is 17.4. The number of para-hydroxylation sites is 1. The summed E-state index contributed by atoms with van der Waals surface area (Å²) in [6, 6.07) is 13.8. The third kappa shape index (κ3) is 3.87. The first-order valence-corrected chi connectivity index (χ1v) is 9.94. The number of rotatable bonds is 8. The molecule has 3 rings (SSSR count). The number of hydrogen-bond acceptors (Lipinski definition) is 5. The van der Waals surface area contributed by atoms with Crippen LogP contribution in [0.1, 0.15) is 30.9 Å². The predicted octanol–water partition coefficient (Wildman–Crippen LogP) is 2.57. The first-order valence-electron chi connectivity index (χ1n) is 9.94. The molecular formula is C23H26N2O5. The van der Waals surface area contributed by atoms with Crippen molar-refractivity contribution in [3.63, 3.8) is 0 Å². The van der Waals surface area contributed by atoms with Gasteiger partial charge in [-0.2, -0.15) is 0 Å². The van der Waals surface area contributed by atoms with E-state index in [1.54, 1.807) is 62.7 Å². The summed E-state index contributed by atoms with van der Waals surface area (Å²) >= 11 is 0. The Kier molecular flexibility index (Phi) is 6.40. The number of anilines is 1. The molecule has 0 radical (unpaired) electrons. The minimum Gasteiger partial charge on any atom is -0.497 e. The van der Waals surface area contributed by atoms with Gasteiger partial charge in [0.05, 0.1) is 19.2 Å². The lowest BCUT2D eigenvalue weighted by Gasteiger charge is -2.27. The summed E-state index contributed by atoms with van der Waals surface area (Å²) in [6.07, 6.45) is 1.56. The van der Waals surface area contributed by atoms with Gasteiger partial charge in [0, 0.05) is 19.2 Å². The van der Waals surface area contributed by atoms with Crippen LogP contribution < -0.4 is 15.0 Å². The molecule has 2 amide bonds. The predicted molar refractivity (Wildman–Crippen MR) is 112 cm³/mol. The topological polar surface area (TPSA) is 84.9 Å². The molecule has 0 saturated heterocycles. The summed E-state index contributed by atoms with van der Waals surface area (Å²) in [4.78, 5) is 40.6. The largest absolute Gasteiger partial charge is 0.497 e. The summed E-state index contributed by atoms with van der Waals surface area (Å²) in [5.74, 6) is -1.20. The van der Waals surface area contributed by atoms with Gasteiger partial charge in [0.2, 0.25) is 0 Å². The van der Waals surface area contributed by atoms with Crippen molar-refractivity contribution in [2.75, 3.05) is 25.6 Å². The highest BCUT2D eigenvalue weighted by Gasteiger charge is 2.59. The van der Waals surface area contributed by atoms with Gasteiger partial charge in [-0.1, -0.05) is 43.7 Å². The van der Waals surface area contributed by atoms with Crippen LogP contribution in [0.15, 0.2) is 48.5 Å². The van der Waals surface area contributed by atoms with Crippen LogP contribution in [-0.4, -0.2) is 38.5 Å². The number of likely N-dealkylation sites (N-methyl/N-ethyl adjacent to an activating group) is 1. The van der Waals surface area contributed by atoms with E-state index in [-0.39, 0.29) is 6.42 Å². The third-order valence-electron chi connectivity index (χ3n) is 5.16. The van der Waals surface area contributed by atoms with Crippen molar-refractivity contribution in [1.29, 1.82) is 0 Å². The fourth-order valence-corrected chi connectivity index (χ4v) is 3.51. The van der Waals surface area contributed by atoms with E-state index < -0.39 is 23.4 Å². The smallest absolute Gasteiger partial charge is 0.312 e. The molecule has 0 spiro atoms. The molecule has 1 aliphatic rings. The van der Waals surface area contributed by atoms with Crippen molar-refractivity contribution in [2.24, 2.45) is 0 Å². The Morgan fingerprint density at radius 2 is 1.80 bits per heavy atom. The van der Waals surface area contributed by atoms with Gasteiger partial charge in [-0.25, -0.2) is 0 Å². The minimum atomic E-state index is -2.03.